The van der Waals surface area contributed by atoms with Crippen LogP contribution >= 0.6 is 0 Å². The van der Waals surface area contributed by atoms with Gasteiger partial charge >= 0.3 is 6.61 Å². The molecule has 3 aliphatic rings. The molecule has 200 valence electrons. The number of hydrogen-bond donors (Lipinski definition) is 1. The van der Waals surface area contributed by atoms with Gasteiger partial charge in [0.1, 0.15) is 11.9 Å². The van der Waals surface area contributed by atoms with E-state index < -0.39 is 12.7 Å². The highest BCUT2D eigenvalue weighted by Crippen LogP contribution is 2.53. The number of aliphatic hydroxyl groups is 1. The van der Waals surface area contributed by atoms with Crippen LogP contribution in [0, 0.1) is 0 Å². The molecule has 3 atom stereocenters. The molecule has 1 fully saturated rings. The van der Waals surface area contributed by atoms with Crippen LogP contribution in [0.25, 0.3) is 16.6 Å². The van der Waals surface area contributed by atoms with Crippen molar-refractivity contribution in [2.24, 2.45) is 0 Å². The number of rotatable bonds is 6. The SMILES string of the molecule is CN1C(=O)c2cccc(OC(F)F)c2[C@H]2C[C@@H]1c1nn3ccc(-c4cnc([C@H](O)CN5CCC5)nc4)cc3c12. The van der Waals surface area contributed by atoms with E-state index in [9.17, 15) is 18.7 Å². The van der Waals surface area contributed by atoms with E-state index in [0.717, 1.165) is 47.4 Å². The van der Waals surface area contributed by atoms with Gasteiger partial charge in [0.05, 0.1) is 17.3 Å². The molecule has 1 aromatic carbocycles. The first-order valence-corrected chi connectivity index (χ1v) is 13.0. The number of hydrogen-bond acceptors (Lipinski definition) is 7. The molecular weight excluding hydrogens is 506 g/mol. The van der Waals surface area contributed by atoms with E-state index in [1.54, 1.807) is 41.0 Å². The summed E-state index contributed by atoms with van der Waals surface area (Å²) in [4.78, 5) is 25.9. The highest BCUT2D eigenvalue weighted by atomic mass is 19.3. The van der Waals surface area contributed by atoms with E-state index in [1.807, 2.05) is 18.3 Å². The Labute approximate surface area is 222 Å². The van der Waals surface area contributed by atoms with Gasteiger partial charge in [0.25, 0.3) is 5.91 Å². The number of ether oxygens (including phenoxy) is 1. The van der Waals surface area contributed by atoms with Crippen LogP contribution in [0.15, 0.2) is 48.9 Å². The molecule has 0 radical (unpaired) electrons. The normalized spacial score (nSPS) is 21.1. The van der Waals surface area contributed by atoms with Crippen LogP contribution in [-0.2, 0) is 0 Å². The number of alkyl halides is 2. The second kappa shape index (κ2) is 9.06. The Bertz CT molecular complexity index is 1590. The van der Waals surface area contributed by atoms with Gasteiger partial charge in [-0.3, -0.25) is 4.79 Å². The molecule has 9 nitrogen and oxygen atoms in total. The summed E-state index contributed by atoms with van der Waals surface area (Å²) in [5.41, 5.74) is 4.94. The van der Waals surface area contributed by atoms with Gasteiger partial charge in [0.2, 0.25) is 0 Å². The molecule has 5 heterocycles. The maximum Gasteiger partial charge on any atom is 0.387 e. The molecule has 1 N–H and O–H groups in total. The largest absolute Gasteiger partial charge is 0.434 e. The number of nitrogens with zero attached hydrogens (tertiary/aromatic N) is 6. The van der Waals surface area contributed by atoms with Crippen molar-refractivity contribution in [2.75, 3.05) is 26.7 Å². The van der Waals surface area contributed by atoms with E-state index in [4.69, 9.17) is 9.84 Å². The number of halogens is 2. The predicted octanol–water partition coefficient (Wildman–Crippen LogP) is 3.79. The van der Waals surface area contributed by atoms with Crippen molar-refractivity contribution in [3.05, 3.63) is 77.1 Å². The predicted molar refractivity (Wildman–Crippen MR) is 137 cm³/mol. The molecule has 1 amide bonds. The number of amides is 1. The van der Waals surface area contributed by atoms with Gasteiger partial charge in [-0.2, -0.15) is 13.9 Å². The second-order valence-electron chi connectivity index (χ2n) is 10.4. The van der Waals surface area contributed by atoms with Gasteiger partial charge in [0, 0.05) is 60.4 Å². The summed E-state index contributed by atoms with van der Waals surface area (Å²) < 4.78 is 33.3. The van der Waals surface area contributed by atoms with Crippen LogP contribution in [-0.4, -0.2) is 73.7 Å². The van der Waals surface area contributed by atoms with E-state index in [-0.39, 0.29) is 23.6 Å². The summed E-state index contributed by atoms with van der Waals surface area (Å²) in [5.74, 6) is -0.182. The van der Waals surface area contributed by atoms with Gasteiger partial charge in [-0.25, -0.2) is 14.5 Å². The fraction of sp³-hybridized carbons (Fsp3) is 0.357. The fourth-order valence-electron chi connectivity index (χ4n) is 6.09. The number of benzene rings is 1. The maximum atomic E-state index is 13.3. The van der Waals surface area contributed by atoms with E-state index in [2.05, 4.69) is 14.9 Å². The van der Waals surface area contributed by atoms with Crippen molar-refractivity contribution in [2.45, 2.75) is 37.5 Å². The lowest BCUT2D eigenvalue weighted by atomic mass is 9.88. The number of β-amino-alcohol motifs (C(OH)–C–C–N with tert-alkyl or cyclic N) is 1. The van der Waals surface area contributed by atoms with E-state index in [0.29, 0.717) is 29.9 Å². The van der Waals surface area contributed by atoms with Crippen LogP contribution in [0.1, 0.15) is 63.9 Å². The minimum Gasteiger partial charge on any atom is -0.434 e. The number of likely N-dealkylation sites (tertiary alicyclic amines) is 1. The maximum absolute atomic E-state index is 13.3. The van der Waals surface area contributed by atoms with Crippen LogP contribution in [0.2, 0.25) is 0 Å². The van der Waals surface area contributed by atoms with Crippen molar-refractivity contribution in [3.8, 4) is 16.9 Å². The van der Waals surface area contributed by atoms with Crippen LogP contribution in [0.4, 0.5) is 8.78 Å². The zero-order valence-electron chi connectivity index (χ0n) is 21.2. The third kappa shape index (κ3) is 3.87. The lowest BCUT2D eigenvalue weighted by Gasteiger charge is -2.31. The van der Waals surface area contributed by atoms with Gasteiger partial charge in [-0.05, 0) is 55.8 Å². The zero-order valence-corrected chi connectivity index (χ0v) is 21.2. The second-order valence-corrected chi connectivity index (χ2v) is 10.4. The Morgan fingerprint density at radius 1 is 1.13 bits per heavy atom. The minimum absolute atomic E-state index is 0.0130. The van der Waals surface area contributed by atoms with Crippen LogP contribution in [0.5, 0.6) is 5.75 Å². The Morgan fingerprint density at radius 2 is 1.92 bits per heavy atom. The molecule has 0 saturated carbocycles. The van der Waals surface area contributed by atoms with Crippen molar-refractivity contribution < 1.29 is 23.4 Å². The number of aromatic nitrogens is 4. The molecule has 2 bridgehead atoms. The number of carbonyl (C=O) groups is 1. The molecule has 3 aromatic heterocycles. The summed E-state index contributed by atoms with van der Waals surface area (Å²) in [6.45, 7) is -0.522. The average molecular weight is 533 g/mol. The Balaban J connectivity index is 1.30. The first kappa shape index (κ1) is 24.1. The monoisotopic (exact) mass is 532 g/mol. The highest BCUT2D eigenvalue weighted by molar-refractivity contribution is 5.98. The molecule has 1 aliphatic carbocycles. The molecule has 0 spiro atoms. The Morgan fingerprint density at radius 3 is 2.64 bits per heavy atom. The zero-order chi connectivity index (χ0) is 26.8. The minimum atomic E-state index is -3.01. The van der Waals surface area contributed by atoms with Gasteiger partial charge in [0.15, 0.2) is 5.82 Å². The Kier molecular flexibility index (Phi) is 5.60. The molecular formula is C28H26F2N6O3. The molecule has 0 unspecified atom stereocenters. The first-order valence-electron chi connectivity index (χ1n) is 13.0. The fourth-order valence-corrected chi connectivity index (χ4v) is 6.09. The third-order valence-corrected chi connectivity index (χ3v) is 8.16. The average Bonchev–Trinajstić information content (AvgIpc) is 3.43. The van der Waals surface area contributed by atoms with E-state index >= 15 is 0 Å². The summed E-state index contributed by atoms with van der Waals surface area (Å²) in [5, 5.41) is 15.3. The van der Waals surface area contributed by atoms with Crippen LogP contribution < -0.4 is 4.74 Å². The number of carbonyl (C=O) groups excluding carboxylic acids is 1. The summed E-state index contributed by atoms with van der Waals surface area (Å²) in [6.07, 6.45) is 6.17. The number of pyridine rings is 1. The summed E-state index contributed by atoms with van der Waals surface area (Å²) >= 11 is 0. The molecule has 39 heavy (non-hydrogen) atoms. The number of fused-ring (bicyclic) bond motifs is 9. The van der Waals surface area contributed by atoms with Crippen molar-refractivity contribution in [1.82, 2.24) is 29.4 Å². The quantitative estimate of drug-likeness (QED) is 0.404. The van der Waals surface area contributed by atoms with E-state index in [1.165, 1.54) is 6.07 Å². The lowest BCUT2D eigenvalue weighted by molar-refractivity contribution is -0.0505. The topological polar surface area (TPSA) is 96.1 Å². The third-order valence-electron chi connectivity index (χ3n) is 8.16. The van der Waals surface area contributed by atoms with Gasteiger partial charge in [-0.15, -0.1) is 0 Å². The molecule has 2 aliphatic heterocycles. The standard InChI is InChI=1S/C28H26F2N6O3/c1-34-20-11-18(23-17(27(34)38)4-2-5-22(23)39-28(29)30)24-19-10-15(6-9-36(19)33-25(20)24)16-12-31-26(32-13-16)21(37)14-35-7-3-8-35/h2,4-6,9-10,12-13,18,20-21,28,37H,3,7-8,11,14H2,1H3/t18-,20-,21-/m1/s1. The molecule has 11 heteroatoms. The van der Waals surface area contributed by atoms with Crippen molar-refractivity contribution in [3.63, 3.8) is 0 Å². The highest BCUT2D eigenvalue weighted by Gasteiger charge is 2.46. The van der Waals surface area contributed by atoms with Crippen LogP contribution in [0.3, 0.4) is 0 Å². The van der Waals surface area contributed by atoms with Gasteiger partial charge in [-0.1, -0.05) is 6.07 Å². The summed E-state index contributed by atoms with van der Waals surface area (Å²) in [7, 11) is 1.72. The lowest BCUT2D eigenvalue weighted by Crippen LogP contribution is -2.40. The molecule has 4 aromatic rings. The van der Waals surface area contributed by atoms with Crippen molar-refractivity contribution >= 4 is 11.4 Å². The number of aliphatic hydroxyl groups excluding tert-OH is 1. The summed E-state index contributed by atoms with van der Waals surface area (Å²) in [6, 6.07) is 8.32. The Hall–Kier alpha value is -3.96. The smallest absolute Gasteiger partial charge is 0.387 e. The van der Waals surface area contributed by atoms with Crippen molar-refractivity contribution in [1.29, 1.82) is 0 Å². The molecule has 7 rings (SSSR count). The van der Waals surface area contributed by atoms with Gasteiger partial charge < -0.3 is 19.6 Å². The first-order chi connectivity index (χ1) is 18.9. The molecule has 1 saturated heterocycles.